The number of nitrogens with zero attached hydrogens (tertiary/aromatic N) is 2. The zero-order valence-corrected chi connectivity index (χ0v) is 11.7. The van der Waals surface area contributed by atoms with Crippen molar-refractivity contribution in [1.29, 1.82) is 0 Å². The van der Waals surface area contributed by atoms with Crippen molar-refractivity contribution < 1.29 is 13.2 Å². The minimum Gasteiger partial charge on any atom is -0.351 e. The number of amides is 1. The van der Waals surface area contributed by atoms with Crippen molar-refractivity contribution in [3.05, 3.63) is 10.6 Å². The van der Waals surface area contributed by atoms with E-state index in [1.165, 1.54) is 14.1 Å². The SMILES string of the molecule is CN(C)S(=O)(=O)Nc1nc2c(s1)C(=O)NCCC2. The van der Waals surface area contributed by atoms with Crippen molar-refractivity contribution in [2.75, 3.05) is 25.4 Å². The Bertz CT molecular complexity index is 564. The molecule has 0 saturated heterocycles. The van der Waals surface area contributed by atoms with Crippen LogP contribution in [0.1, 0.15) is 21.8 Å². The van der Waals surface area contributed by atoms with E-state index in [2.05, 4.69) is 15.0 Å². The number of nitrogens with one attached hydrogen (secondary N) is 2. The summed E-state index contributed by atoms with van der Waals surface area (Å²) in [5, 5.41) is 2.97. The lowest BCUT2D eigenvalue weighted by Gasteiger charge is -2.10. The Morgan fingerprint density at radius 1 is 1.44 bits per heavy atom. The maximum Gasteiger partial charge on any atom is 0.302 e. The maximum atomic E-state index is 11.7. The zero-order valence-electron chi connectivity index (χ0n) is 10.1. The van der Waals surface area contributed by atoms with Crippen LogP contribution in [0.4, 0.5) is 5.13 Å². The van der Waals surface area contributed by atoms with E-state index >= 15 is 0 Å². The van der Waals surface area contributed by atoms with Crippen molar-refractivity contribution in [2.24, 2.45) is 0 Å². The largest absolute Gasteiger partial charge is 0.351 e. The van der Waals surface area contributed by atoms with E-state index < -0.39 is 10.2 Å². The van der Waals surface area contributed by atoms with Crippen molar-refractivity contribution in [1.82, 2.24) is 14.6 Å². The van der Waals surface area contributed by atoms with Crippen LogP contribution in [-0.2, 0) is 16.6 Å². The molecule has 9 heteroatoms. The molecule has 0 fully saturated rings. The minimum absolute atomic E-state index is 0.185. The highest BCUT2D eigenvalue weighted by Gasteiger charge is 2.23. The van der Waals surface area contributed by atoms with E-state index in [9.17, 15) is 13.2 Å². The van der Waals surface area contributed by atoms with Gasteiger partial charge < -0.3 is 5.32 Å². The van der Waals surface area contributed by atoms with Crippen LogP contribution in [0.5, 0.6) is 0 Å². The number of thiazole rings is 1. The average Bonchev–Trinajstić information content (AvgIpc) is 2.58. The molecule has 0 atom stereocenters. The van der Waals surface area contributed by atoms with Gasteiger partial charge in [0.1, 0.15) is 4.88 Å². The highest BCUT2D eigenvalue weighted by Crippen LogP contribution is 2.26. The van der Waals surface area contributed by atoms with Crippen LogP contribution in [-0.4, -0.2) is 44.3 Å². The van der Waals surface area contributed by atoms with Gasteiger partial charge in [-0.1, -0.05) is 11.3 Å². The second-order valence-corrected chi connectivity index (χ2v) is 6.93. The van der Waals surface area contributed by atoms with Gasteiger partial charge in [0.2, 0.25) is 0 Å². The minimum atomic E-state index is -3.58. The van der Waals surface area contributed by atoms with Gasteiger partial charge >= 0.3 is 10.2 Å². The van der Waals surface area contributed by atoms with Gasteiger partial charge in [0.05, 0.1) is 5.69 Å². The van der Waals surface area contributed by atoms with E-state index in [4.69, 9.17) is 0 Å². The van der Waals surface area contributed by atoms with Gasteiger partial charge in [-0.15, -0.1) is 0 Å². The normalized spacial score (nSPS) is 16.1. The van der Waals surface area contributed by atoms with Gasteiger partial charge in [0.15, 0.2) is 5.13 Å². The maximum absolute atomic E-state index is 11.7. The van der Waals surface area contributed by atoms with E-state index in [-0.39, 0.29) is 11.0 Å². The molecule has 1 aliphatic heterocycles. The fraction of sp³-hybridized carbons (Fsp3) is 0.556. The predicted molar refractivity (Wildman–Crippen MR) is 69.0 cm³/mol. The number of carbonyl (C=O) groups excluding carboxylic acids is 1. The first-order chi connectivity index (χ1) is 8.40. The second-order valence-electron chi connectivity index (χ2n) is 4.04. The van der Waals surface area contributed by atoms with Crippen LogP contribution in [0, 0.1) is 0 Å². The quantitative estimate of drug-likeness (QED) is 0.822. The first kappa shape index (κ1) is 13.2. The molecule has 7 nitrogen and oxygen atoms in total. The summed E-state index contributed by atoms with van der Waals surface area (Å²) < 4.78 is 26.7. The van der Waals surface area contributed by atoms with Crippen molar-refractivity contribution in [3.8, 4) is 0 Å². The van der Waals surface area contributed by atoms with E-state index in [1.54, 1.807) is 0 Å². The van der Waals surface area contributed by atoms with Crippen LogP contribution >= 0.6 is 11.3 Å². The average molecular weight is 290 g/mol. The van der Waals surface area contributed by atoms with Crippen LogP contribution in [0.3, 0.4) is 0 Å². The Hall–Kier alpha value is -1.19. The number of hydrogen-bond acceptors (Lipinski definition) is 5. The fourth-order valence-corrected chi connectivity index (χ4v) is 3.19. The van der Waals surface area contributed by atoms with Gasteiger partial charge in [0.25, 0.3) is 5.91 Å². The Morgan fingerprint density at radius 3 is 2.83 bits per heavy atom. The number of aromatic nitrogens is 1. The number of carbonyl (C=O) groups is 1. The van der Waals surface area contributed by atoms with Crippen LogP contribution < -0.4 is 10.0 Å². The lowest BCUT2D eigenvalue weighted by atomic mass is 10.2. The predicted octanol–water partition coefficient (Wildman–Crippen LogP) is 0.0374. The Morgan fingerprint density at radius 2 is 2.17 bits per heavy atom. The summed E-state index contributed by atoms with van der Waals surface area (Å²) in [7, 11) is -0.729. The van der Waals surface area contributed by atoms with Gasteiger partial charge in [0, 0.05) is 20.6 Å². The fourth-order valence-electron chi connectivity index (χ4n) is 1.48. The van der Waals surface area contributed by atoms with E-state index in [0.29, 0.717) is 23.5 Å². The van der Waals surface area contributed by atoms with Crippen molar-refractivity contribution in [3.63, 3.8) is 0 Å². The monoisotopic (exact) mass is 290 g/mol. The molecule has 0 aromatic carbocycles. The van der Waals surface area contributed by atoms with Gasteiger partial charge in [-0.25, -0.2) is 9.71 Å². The molecule has 0 aliphatic carbocycles. The Labute approximate surface area is 109 Å². The summed E-state index contributed by atoms with van der Waals surface area (Å²) in [6, 6.07) is 0. The summed E-state index contributed by atoms with van der Waals surface area (Å²) in [6.07, 6.45) is 1.48. The molecule has 2 N–H and O–H groups in total. The topological polar surface area (TPSA) is 91.4 Å². The molecular formula is C9H14N4O3S2. The van der Waals surface area contributed by atoms with E-state index in [1.807, 2.05) is 0 Å². The zero-order chi connectivity index (χ0) is 13.3. The molecule has 2 rings (SSSR count). The molecular weight excluding hydrogens is 276 g/mol. The highest BCUT2D eigenvalue weighted by molar-refractivity contribution is 7.90. The Kier molecular flexibility index (Phi) is 3.55. The van der Waals surface area contributed by atoms with Crippen LogP contribution in [0.2, 0.25) is 0 Å². The first-order valence-electron chi connectivity index (χ1n) is 5.38. The van der Waals surface area contributed by atoms with Gasteiger partial charge in [-0.3, -0.25) is 4.79 Å². The van der Waals surface area contributed by atoms with Crippen LogP contribution in [0.15, 0.2) is 0 Å². The number of hydrogen-bond donors (Lipinski definition) is 2. The number of anilines is 1. The standard InChI is InChI=1S/C9H14N4O3S2/c1-13(2)18(15,16)12-9-11-6-4-3-5-10-8(14)7(6)17-9/h3-5H2,1-2H3,(H,10,14)(H,11,12). The lowest BCUT2D eigenvalue weighted by molar-refractivity contribution is 0.0960. The molecule has 0 unspecified atom stereocenters. The number of rotatable bonds is 3. The first-order valence-corrected chi connectivity index (χ1v) is 7.64. The third-order valence-electron chi connectivity index (χ3n) is 2.48. The summed E-state index contributed by atoms with van der Waals surface area (Å²) in [4.78, 5) is 16.3. The second kappa shape index (κ2) is 4.82. The van der Waals surface area contributed by atoms with Crippen molar-refractivity contribution >= 4 is 32.6 Å². The molecule has 0 radical (unpaired) electrons. The summed E-state index contributed by atoms with van der Waals surface area (Å²) in [6.45, 7) is 0.626. The van der Waals surface area contributed by atoms with E-state index in [0.717, 1.165) is 22.1 Å². The molecule has 1 aliphatic rings. The molecule has 0 spiro atoms. The molecule has 100 valence electrons. The molecule has 1 amide bonds. The third kappa shape index (κ3) is 2.62. The summed E-state index contributed by atoms with van der Waals surface area (Å²) in [5.41, 5.74) is 0.659. The third-order valence-corrected chi connectivity index (χ3v) is 5.03. The van der Waals surface area contributed by atoms with Crippen molar-refractivity contribution in [2.45, 2.75) is 12.8 Å². The molecule has 1 aromatic rings. The van der Waals surface area contributed by atoms with Gasteiger partial charge in [-0.05, 0) is 12.8 Å². The lowest BCUT2D eigenvalue weighted by Crippen LogP contribution is -2.28. The Balaban J connectivity index is 2.28. The summed E-state index contributed by atoms with van der Waals surface area (Å²) in [5.74, 6) is -0.185. The molecule has 2 heterocycles. The highest BCUT2D eigenvalue weighted by atomic mass is 32.2. The molecule has 0 saturated carbocycles. The van der Waals surface area contributed by atoms with Gasteiger partial charge in [-0.2, -0.15) is 12.7 Å². The van der Waals surface area contributed by atoms with Crippen LogP contribution in [0.25, 0.3) is 0 Å². The molecule has 18 heavy (non-hydrogen) atoms. The summed E-state index contributed by atoms with van der Waals surface area (Å²) >= 11 is 1.06. The number of fused-ring (bicyclic) bond motifs is 1. The number of aryl methyl sites for hydroxylation is 1. The molecule has 0 bridgehead atoms. The smallest absolute Gasteiger partial charge is 0.302 e. The molecule has 1 aromatic heterocycles.